The molecule has 0 saturated heterocycles. The maximum atomic E-state index is 11.7. The molecule has 0 aliphatic carbocycles. The second-order valence-electron chi connectivity index (χ2n) is 4.23. The molecule has 0 saturated carbocycles. The summed E-state index contributed by atoms with van der Waals surface area (Å²) in [7, 11) is 3.34. The van der Waals surface area contributed by atoms with Crippen molar-refractivity contribution in [2.24, 2.45) is 0 Å². The van der Waals surface area contributed by atoms with Crippen LogP contribution in [0.2, 0.25) is 0 Å². The molecule has 1 heterocycles. The van der Waals surface area contributed by atoms with Crippen LogP contribution in [0.1, 0.15) is 16.1 Å². The first-order valence-corrected chi connectivity index (χ1v) is 5.60. The maximum Gasteiger partial charge on any atom is 0.273 e. The largest absolute Gasteiger partial charge is 0.398 e. The van der Waals surface area contributed by atoms with Gasteiger partial charge in [-0.2, -0.15) is 10.4 Å². The summed E-state index contributed by atoms with van der Waals surface area (Å²) in [6.07, 6.45) is 1.68. The van der Waals surface area contributed by atoms with Crippen molar-refractivity contribution in [1.29, 1.82) is 5.26 Å². The smallest absolute Gasteiger partial charge is 0.273 e. The quantitative estimate of drug-likeness (QED) is 0.812. The second kappa shape index (κ2) is 4.82. The van der Waals surface area contributed by atoms with Gasteiger partial charge in [-0.05, 0) is 24.3 Å². The number of nitrogens with zero attached hydrogens (tertiary/aromatic N) is 4. The molecule has 0 bridgehead atoms. The summed E-state index contributed by atoms with van der Waals surface area (Å²) in [6, 6.07) is 8.63. The monoisotopic (exact) mass is 255 g/mol. The first-order valence-electron chi connectivity index (χ1n) is 5.60. The molecule has 6 heteroatoms. The Balaban J connectivity index is 2.36. The number of nitrogen functional groups attached to an aromatic ring is 1. The molecule has 2 N–H and O–H groups in total. The number of anilines is 1. The van der Waals surface area contributed by atoms with Crippen LogP contribution in [0.4, 0.5) is 5.69 Å². The third-order valence-electron chi connectivity index (χ3n) is 2.63. The lowest BCUT2D eigenvalue weighted by molar-refractivity contribution is 0.0821. The van der Waals surface area contributed by atoms with Crippen molar-refractivity contribution in [3.8, 4) is 11.8 Å². The number of amides is 1. The molecule has 0 spiro atoms. The maximum absolute atomic E-state index is 11.7. The summed E-state index contributed by atoms with van der Waals surface area (Å²) >= 11 is 0. The minimum Gasteiger partial charge on any atom is -0.398 e. The highest BCUT2D eigenvalue weighted by atomic mass is 16.2. The van der Waals surface area contributed by atoms with Crippen LogP contribution < -0.4 is 5.73 Å². The van der Waals surface area contributed by atoms with Crippen LogP contribution in [0.5, 0.6) is 0 Å². The highest BCUT2D eigenvalue weighted by Crippen LogP contribution is 2.16. The normalized spacial score (nSPS) is 9.95. The fourth-order valence-corrected chi connectivity index (χ4v) is 1.61. The van der Waals surface area contributed by atoms with E-state index < -0.39 is 0 Å². The average Bonchev–Trinajstić information content (AvgIpc) is 2.87. The third kappa shape index (κ3) is 2.40. The third-order valence-corrected chi connectivity index (χ3v) is 2.63. The second-order valence-corrected chi connectivity index (χ2v) is 4.23. The Hall–Kier alpha value is -2.81. The molecular weight excluding hydrogens is 242 g/mol. The molecule has 2 rings (SSSR count). The van der Waals surface area contributed by atoms with E-state index in [1.54, 1.807) is 49.2 Å². The van der Waals surface area contributed by atoms with E-state index in [-0.39, 0.29) is 5.91 Å². The van der Waals surface area contributed by atoms with E-state index in [9.17, 15) is 4.79 Å². The van der Waals surface area contributed by atoms with Gasteiger partial charge in [-0.1, -0.05) is 0 Å². The van der Waals surface area contributed by atoms with Crippen molar-refractivity contribution >= 4 is 11.6 Å². The van der Waals surface area contributed by atoms with Crippen LogP contribution in [0.3, 0.4) is 0 Å². The van der Waals surface area contributed by atoms with Gasteiger partial charge in [0.05, 0.1) is 16.9 Å². The molecular formula is C13H13N5O. The SMILES string of the molecule is CN(C)C(=O)c1ccn(-c2ccc(C#N)c(N)c2)n1. The van der Waals surface area contributed by atoms with Crippen molar-refractivity contribution in [3.63, 3.8) is 0 Å². The van der Waals surface area contributed by atoms with E-state index in [4.69, 9.17) is 11.0 Å². The summed E-state index contributed by atoms with van der Waals surface area (Å²) in [6.45, 7) is 0. The summed E-state index contributed by atoms with van der Waals surface area (Å²) in [5.74, 6) is -0.166. The van der Waals surface area contributed by atoms with Crippen molar-refractivity contribution in [2.45, 2.75) is 0 Å². The van der Waals surface area contributed by atoms with Crippen molar-refractivity contribution in [1.82, 2.24) is 14.7 Å². The van der Waals surface area contributed by atoms with Gasteiger partial charge >= 0.3 is 0 Å². The van der Waals surface area contributed by atoms with E-state index in [2.05, 4.69) is 5.10 Å². The summed E-state index contributed by atoms with van der Waals surface area (Å²) in [5, 5.41) is 13.0. The van der Waals surface area contributed by atoms with Crippen LogP contribution in [0, 0.1) is 11.3 Å². The summed E-state index contributed by atoms with van der Waals surface area (Å²) in [5.41, 5.74) is 7.61. The zero-order chi connectivity index (χ0) is 14.0. The molecule has 2 aromatic rings. The van der Waals surface area contributed by atoms with Gasteiger partial charge in [0, 0.05) is 20.3 Å². The fourth-order valence-electron chi connectivity index (χ4n) is 1.61. The van der Waals surface area contributed by atoms with Crippen LogP contribution in [0.25, 0.3) is 5.69 Å². The molecule has 0 radical (unpaired) electrons. The predicted octanol–water partition coefficient (Wildman–Crippen LogP) is 1.03. The van der Waals surface area contributed by atoms with E-state index in [0.29, 0.717) is 22.6 Å². The lowest BCUT2D eigenvalue weighted by Gasteiger charge is -2.07. The molecule has 0 unspecified atom stereocenters. The molecule has 1 aromatic carbocycles. The number of nitrogens with two attached hydrogens (primary N) is 1. The number of carbonyl (C=O) groups excluding carboxylic acids is 1. The Morgan fingerprint density at radius 3 is 2.74 bits per heavy atom. The lowest BCUT2D eigenvalue weighted by atomic mass is 10.2. The van der Waals surface area contributed by atoms with E-state index in [1.807, 2.05) is 6.07 Å². The highest BCUT2D eigenvalue weighted by molar-refractivity contribution is 5.91. The van der Waals surface area contributed by atoms with Crippen LogP contribution in [0.15, 0.2) is 30.5 Å². The fraction of sp³-hybridized carbons (Fsp3) is 0.154. The van der Waals surface area contributed by atoms with Crippen molar-refractivity contribution in [3.05, 3.63) is 41.7 Å². The minimum absolute atomic E-state index is 0.166. The van der Waals surface area contributed by atoms with E-state index in [1.165, 1.54) is 4.90 Å². The Morgan fingerprint density at radius 2 is 2.16 bits per heavy atom. The Morgan fingerprint density at radius 1 is 1.42 bits per heavy atom. The number of hydrogen-bond donors (Lipinski definition) is 1. The molecule has 0 fully saturated rings. The molecule has 19 heavy (non-hydrogen) atoms. The Kier molecular flexibility index (Phi) is 3.21. The highest BCUT2D eigenvalue weighted by Gasteiger charge is 2.12. The van der Waals surface area contributed by atoms with Gasteiger partial charge in [-0.15, -0.1) is 0 Å². The van der Waals surface area contributed by atoms with Gasteiger partial charge < -0.3 is 10.6 Å². The number of nitriles is 1. The minimum atomic E-state index is -0.166. The van der Waals surface area contributed by atoms with Gasteiger partial charge in [0.15, 0.2) is 5.69 Å². The Bertz CT molecular complexity index is 666. The standard InChI is InChI=1S/C13H13N5O/c1-17(2)13(19)12-5-6-18(16-12)10-4-3-9(8-14)11(15)7-10/h3-7H,15H2,1-2H3. The summed E-state index contributed by atoms with van der Waals surface area (Å²) in [4.78, 5) is 13.2. The predicted molar refractivity (Wildman–Crippen MR) is 70.7 cm³/mol. The van der Waals surface area contributed by atoms with Crippen molar-refractivity contribution < 1.29 is 4.79 Å². The van der Waals surface area contributed by atoms with Crippen LogP contribution in [-0.4, -0.2) is 34.7 Å². The van der Waals surface area contributed by atoms with Crippen molar-refractivity contribution in [2.75, 3.05) is 19.8 Å². The lowest BCUT2D eigenvalue weighted by Crippen LogP contribution is -2.22. The summed E-state index contributed by atoms with van der Waals surface area (Å²) < 4.78 is 1.55. The molecule has 1 aromatic heterocycles. The zero-order valence-electron chi connectivity index (χ0n) is 10.7. The molecule has 1 amide bonds. The molecule has 0 aliphatic heterocycles. The number of hydrogen-bond acceptors (Lipinski definition) is 4. The topological polar surface area (TPSA) is 87.9 Å². The number of carbonyl (C=O) groups is 1. The van der Waals surface area contributed by atoms with E-state index in [0.717, 1.165) is 0 Å². The first kappa shape index (κ1) is 12.6. The van der Waals surface area contributed by atoms with Crippen LogP contribution in [-0.2, 0) is 0 Å². The molecule has 6 nitrogen and oxygen atoms in total. The first-order chi connectivity index (χ1) is 9.02. The molecule has 0 aliphatic rings. The zero-order valence-corrected chi connectivity index (χ0v) is 10.7. The van der Waals surface area contributed by atoms with Gasteiger partial charge in [-0.3, -0.25) is 4.79 Å². The van der Waals surface area contributed by atoms with Gasteiger partial charge in [-0.25, -0.2) is 4.68 Å². The van der Waals surface area contributed by atoms with E-state index >= 15 is 0 Å². The number of aromatic nitrogens is 2. The van der Waals surface area contributed by atoms with Crippen LogP contribution >= 0.6 is 0 Å². The molecule has 96 valence electrons. The Labute approximate surface area is 110 Å². The van der Waals surface area contributed by atoms with Gasteiger partial charge in [0.25, 0.3) is 5.91 Å². The number of rotatable bonds is 2. The average molecular weight is 255 g/mol. The number of benzene rings is 1. The molecule has 0 atom stereocenters. The van der Waals surface area contributed by atoms with Gasteiger partial charge in [0.2, 0.25) is 0 Å². The van der Waals surface area contributed by atoms with Gasteiger partial charge in [0.1, 0.15) is 6.07 Å².